The van der Waals surface area contributed by atoms with Crippen LogP contribution < -0.4 is 5.32 Å². The maximum Gasteiger partial charge on any atom is 0.133 e. The van der Waals surface area contributed by atoms with Gasteiger partial charge in [0.15, 0.2) is 0 Å². The quantitative estimate of drug-likeness (QED) is 0.831. The second-order valence-electron chi connectivity index (χ2n) is 5.66. The van der Waals surface area contributed by atoms with Gasteiger partial charge in [-0.2, -0.15) is 0 Å². The Bertz CT molecular complexity index is 444. The third-order valence-electron chi connectivity index (χ3n) is 3.55. The van der Waals surface area contributed by atoms with Crippen LogP contribution >= 0.6 is 0 Å². The molecule has 0 spiro atoms. The van der Waals surface area contributed by atoms with Gasteiger partial charge in [0.25, 0.3) is 0 Å². The summed E-state index contributed by atoms with van der Waals surface area (Å²) in [6, 6.07) is 2.17. The second-order valence-corrected chi connectivity index (χ2v) is 5.66. The molecule has 0 bridgehead atoms. The van der Waals surface area contributed by atoms with Crippen LogP contribution in [-0.2, 0) is 0 Å². The highest BCUT2D eigenvalue weighted by atomic mass is 15.0. The van der Waals surface area contributed by atoms with E-state index < -0.39 is 0 Å². The van der Waals surface area contributed by atoms with Crippen molar-refractivity contribution in [3.05, 3.63) is 29.5 Å². The van der Waals surface area contributed by atoms with Crippen molar-refractivity contribution in [2.24, 2.45) is 5.92 Å². The number of anilines is 1. The van der Waals surface area contributed by atoms with Crippen molar-refractivity contribution in [1.82, 2.24) is 4.98 Å². The molecule has 2 rings (SSSR count). The van der Waals surface area contributed by atoms with Crippen LogP contribution in [0, 0.1) is 5.92 Å². The average Bonchev–Trinajstić information content (AvgIpc) is 2.28. The molecule has 0 saturated heterocycles. The number of pyridine rings is 1. The molecule has 0 fully saturated rings. The van der Waals surface area contributed by atoms with Crippen molar-refractivity contribution >= 4 is 11.4 Å². The zero-order valence-electron chi connectivity index (χ0n) is 12.0. The molecule has 1 aliphatic heterocycles. The first-order chi connectivity index (χ1) is 8.61. The average molecular weight is 244 g/mol. The third kappa shape index (κ3) is 2.58. The van der Waals surface area contributed by atoms with Crippen LogP contribution in [0.15, 0.2) is 18.3 Å². The fourth-order valence-corrected chi connectivity index (χ4v) is 2.59. The van der Waals surface area contributed by atoms with E-state index in [1.165, 1.54) is 23.1 Å². The Kier molecular flexibility index (Phi) is 4.05. The van der Waals surface area contributed by atoms with E-state index in [9.17, 15) is 0 Å². The predicted molar refractivity (Wildman–Crippen MR) is 78.9 cm³/mol. The van der Waals surface area contributed by atoms with Crippen LogP contribution in [0.5, 0.6) is 0 Å². The predicted octanol–water partition coefficient (Wildman–Crippen LogP) is 4.45. The molecule has 1 aromatic rings. The van der Waals surface area contributed by atoms with Crippen LogP contribution in [0.3, 0.4) is 0 Å². The molecule has 1 aromatic heterocycles. The largest absolute Gasteiger partial charge is 0.370 e. The van der Waals surface area contributed by atoms with E-state index in [2.05, 4.69) is 50.1 Å². The highest BCUT2D eigenvalue weighted by molar-refractivity contribution is 5.78. The van der Waals surface area contributed by atoms with Crippen LogP contribution in [0.1, 0.15) is 57.6 Å². The van der Waals surface area contributed by atoms with Gasteiger partial charge in [-0.3, -0.25) is 0 Å². The summed E-state index contributed by atoms with van der Waals surface area (Å²) in [5.41, 5.74) is 4.21. The molecule has 0 saturated carbocycles. The van der Waals surface area contributed by atoms with E-state index in [0.717, 1.165) is 18.8 Å². The number of fused-ring (bicyclic) bond motifs is 1. The molecule has 18 heavy (non-hydrogen) atoms. The third-order valence-corrected chi connectivity index (χ3v) is 3.55. The number of allylic oxidation sites excluding steroid dienone is 2. The summed E-state index contributed by atoms with van der Waals surface area (Å²) in [5, 5.41) is 3.49. The Hall–Kier alpha value is -1.31. The zero-order valence-corrected chi connectivity index (χ0v) is 12.0. The molecule has 2 nitrogen and oxygen atoms in total. The van der Waals surface area contributed by atoms with Gasteiger partial charge in [0.1, 0.15) is 5.82 Å². The lowest BCUT2D eigenvalue weighted by atomic mass is 9.86. The summed E-state index contributed by atoms with van der Waals surface area (Å²) in [6.07, 6.45) is 6.69. The minimum absolute atomic E-state index is 0.533. The molecule has 0 unspecified atom stereocenters. The number of hydrogen-bond donors (Lipinski definition) is 1. The molecule has 98 valence electrons. The van der Waals surface area contributed by atoms with Gasteiger partial charge in [-0.05, 0) is 41.9 Å². The lowest BCUT2D eigenvalue weighted by Gasteiger charge is -2.23. The Labute approximate surface area is 111 Å². The van der Waals surface area contributed by atoms with Crippen LogP contribution in [0.2, 0.25) is 0 Å². The minimum Gasteiger partial charge on any atom is -0.370 e. The van der Waals surface area contributed by atoms with Crippen LogP contribution in [0.4, 0.5) is 5.82 Å². The van der Waals surface area contributed by atoms with E-state index in [1.807, 2.05) is 6.20 Å². The summed E-state index contributed by atoms with van der Waals surface area (Å²) in [5.74, 6) is 2.15. The van der Waals surface area contributed by atoms with Crippen molar-refractivity contribution in [2.75, 3.05) is 11.9 Å². The Balaban J connectivity index is 2.60. The molecule has 0 aliphatic carbocycles. The summed E-state index contributed by atoms with van der Waals surface area (Å²) in [7, 11) is 0. The highest BCUT2D eigenvalue weighted by Crippen LogP contribution is 2.36. The van der Waals surface area contributed by atoms with E-state index >= 15 is 0 Å². The number of hydrogen-bond acceptors (Lipinski definition) is 2. The summed E-state index contributed by atoms with van der Waals surface area (Å²) < 4.78 is 0. The molecular weight excluding hydrogens is 220 g/mol. The van der Waals surface area contributed by atoms with Crippen LogP contribution in [-0.4, -0.2) is 11.5 Å². The molecule has 1 N–H and O–H groups in total. The normalized spacial score (nSPS) is 18.7. The van der Waals surface area contributed by atoms with Crippen molar-refractivity contribution in [1.29, 1.82) is 0 Å². The molecule has 2 heterocycles. The van der Waals surface area contributed by atoms with Crippen molar-refractivity contribution in [3.8, 4) is 0 Å². The fourth-order valence-electron chi connectivity index (χ4n) is 2.59. The molecule has 0 amide bonds. The second kappa shape index (κ2) is 5.55. The summed E-state index contributed by atoms with van der Waals surface area (Å²) in [6.45, 7) is 10.1. The summed E-state index contributed by atoms with van der Waals surface area (Å²) >= 11 is 0. The van der Waals surface area contributed by atoms with Gasteiger partial charge in [0.2, 0.25) is 0 Å². The number of aromatic nitrogens is 1. The van der Waals surface area contributed by atoms with E-state index in [4.69, 9.17) is 0 Å². The molecular formula is C16H24N2. The van der Waals surface area contributed by atoms with E-state index in [-0.39, 0.29) is 0 Å². The van der Waals surface area contributed by atoms with Gasteiger partial charge in [-0.1, -0.05) is 33.8 Å². The number of rotatable bonds is 2. The zero-order chi connectivity index (χ0) is 13.1. The lowest BCUT2D eigenvalue weighted by molar-refractivity contribution is 0.803. The first-order valence-electron chi connectivity index (χ1n) is 7.04. The van der Waals surface area contributed by atoms with E-state index in [0.29, 0.717) is 11.8 Å². The first-order valence-corrected chi connectivity index (χ1v) is 7.04. The van der Waals surface area contributed by atoms with Crippen molar-refractivity contribution in [2.45, 2.75) is 46.5 Å². The lowest BCUT2D eigenvalue weighted by Crippen LogP contribution is -2.12. The Morgan fingerprint density at radius 2 is 1.94 bits per heavy atom. The smallest absolute Gasteiger partial charge is 0.133 e. The summed E-state index contributed by atoms with van der Waals surface area (Å²) in [4.78, 5) is 4.54. The fraction of sp³-hybridized carbons (Fsp3) is 0.562. The van der Waals surface area contributed by atoms with Crippen molar-refractivity contribution < 1.29 is 0 Å². The number of nitrogens with zero attached hydrogens (tertiary/aromatic N) is 1. The van der Waals surface area contributed by atoms with Gasteiger partial charge in [-0.25, -0.2) is 4.98 Å². The molecule has 0 atom stereocenters. The molecule has 1 aliphatic rings. The highest BCUT2D eigenvalue weighted by Gasteiger charge is 2.19. The van der Waals surface area contributed by atoms with Gasteiger partial charge in [0.05, 0.1) is 0 Å². The Morgan fingerprint density at radius 1 is 1.17 bits per heavy atom. The molecule has 0 aromatic carbocycles. The standard InChI is InChI=1S/C16H24N2/c1-11(2)13-7-5-6-9-17-16-15(13)14(12(3)4)8-10-18-16/h7-8,10-12H,5-6,9H2,1-4H3,(H,17,18)/b13-7-. The molecule has 2 heteroatoms. The topological polar surface area (TPSA) is 24.9 Å². The molecule has 0 radical (unpaired) electrons. The number of nitrogens with one attached hydrogen (secondary N) is 1. The maximum atomic E-state index is 4.54. The van der Waals surface area contributed by atoms with E-state index in [1.54, 1.807) is 0 Å². The Morgan fingerprint density at radius 3 is 2.61 bits per heavy atom. The van der Waals surface area contributed by atoms with Crippen LogP contribution in [0.25, 0.3) is 5.57 Å². The van der Waals surface area contributed by atoms with Gasteiger partial charge in [0, 0.05) is 18.3 Å². The van der Waals surface area contributed by atoms with Gasteiger partial charge >= 0.3 is 0 Å². The van der Waals surface area contributed by atoms with Crippen molar-refractivity contribution in [3.63, 3.8) is 0 Å². The van der Waals surface area contributed by atoms with Gasteiger partial charge in [-0.15, -0.1) is 0 Å². The SMILES string of the molecule is CC(C)/C1=C/CCCNc2nccc(C(C)C)c21. The van der Waals surface area contributed by atoms with Gasteiger partial charge < -0.3 is 5.32 Å². The minimum atomic E-state index is 0.533. The first kappa shape index (κ1) is 13.1. The maximum absolute atomic E-state index is 4.54. The monoisotopic (exact) mass is 244 g/mol.